The first-order chi connectivity index (χ1) is 10.5. The van der Waals surface area contributed by atoms with Gasteiger partial charge in [-0.1, -0.05) is 43.4 Å². The number of nitrogens with zero attached hydrogens (tertiary/aromatic N) is 3. The Kier molecular flexibility index (Phi) is 3.94. The molecule has 114 valence electrons. The molecule has 1 aromatic carbocycles. The van der Waals surface area contributed by atoms with Crippen LogP contribution in [0.3, 0.4) is 0 Å². The fourth-order valence-corrected chi connectivity index (χ4v) is 2.93. The maximum absolute atomic E-state index is 11.5. The fourth-order valence-electron chi connectivity index (χ4n) is 2.15. The highest BCUT2D eigenvalue weighted by Gasteiger charge is 2.12. The van der Waals surface area contributed by atoms with Gasteiger partial charge in [-0.05, 0) is 18.9 Å². The Morgan fingerprint density at radius 1 is 1.41 bits per heavy atom. The van der Waals surface area contributed by atoms with Crippen molar-refractivity contribution >= 4 is 27.2 Å². The summed E-state index contributed by atoms with van der Waals surface area (Å²) in [5.41, 5.74) is 2.54. The van der Waals surface area contributed by atoms with Gasteiger partial charge in [-0.15, -0.1) is 5.10 Å². The number of carbonyl (C=O) groups excluding carboxylic acids is 1. The number of Topliss-reactive ketones (excluding diaryl/α,β-unsaturated/α-hetero) is 1. The van der Waals surface area contributed by atoms with Crippen LogP contribution in [0, 0.1) is 5.92 Å². The SMILES string of the molecule is CC(=O)c1cccc(-c2cnc3sc(NCC(C)C)nn23)c1. The van der Waals surface area contributed by atoms with E-state index in [4.69, 9.17) is 0 Å². The van der Waals surface area contributed by atoms with Crippen LogP contribution >= 0.6 is 11.3 Å². The minimum absolute atomic E-state index is 0.0557. The number of rotatable bonds is 5. The van der Waals surface area contributed by atoms with Crippen molar-refractivity contribution in [3.05, 3.63) is 36.0 Å². The lowest BCUT2D eigenvalue weighted by atomic mass is 10.1. The van der Waals surface area contributed by atoms with Crippen LogP contribution in [0.5, 0.6) is 0 Å². The van der Waals surface area contributed by atoms with Gasteiger partial charge in [0.15, 0.2) is 5.78 Å². The Labute approximate surface area is 133 Å². The van der Waals surface area contributed by atoms with Gasteiger partial charge in [-0.2, -0.15) is 0 Å². The molecule has 22 heavy (non-hydrogen) atoms. The smallest absolute Gasteiger partial charge is 0.214 e. The van der Waals surface area contributed by atoms with Gasteiger partial charge in [0.1, 0.15) is 0 Å². The monoisotopic (exact) mass is 314 g/mol. The number of nitrogens with one attached hydrogen (secondary N) is 1. The van der Waals surface area contributed by atoms with Crippen molar-refractivity contribution in [3.8, 4) is 11.3 Å². The van der Waals surface area contributed by atoms with Crippen LogP contribution in [0.2, 0.25) is 0 Å². The first-order valence-electron chi connectivity index (χ1n) is 7.24. The van der Waals surface area contributed by atoms with Crippen molar-refractivity contribution in [2.75, 3.05) is 11.9 Å². The number of fused-ring (bicyclic) bond motifs is 1. The van der Waals surface area contributed by atoms with Gasteiger partial charge < -0.3 is 5.32 Å². The molecule has 0 amide bonds. The zero-order valence-electron chi connectivity index (χ0n) is 12.8. The molecule has 0 aliphatic carbocycles. The summed E-state index contributed by atoms with van der Waals surface area (Å²) in [5.74, 6) is 0.614. The summed E-state index contributed by atoms with van der Waals surface area (Å²) >= 11 is 1.53. The summed E-state index contributed by atoms with van der Waals surface area (Å²) in [4.78, 5) is 16.8. The summed E-state index contributed by atoms with van der Waals surface area (Å²) in [6.07, 6.45) is 1.80. The number of benzene rings is 1. The van der Waals surface area contributed by atoms with Crippen LogP contribution in [-0.2, 0) is 0 Å². The van der Waals surface area contributed by atoms with E-state index in [1.165, 1.54) is 11.3 Å². The third-order valence-corrected chi connectivity index (χ3v) is 4.19. The molecule has 0 bridgehead atoms. The summed E-state index contributed by atoms with van der Waals surface area (Å²) < 4.78 is 1.83. The van der Waals surface area contributed by atoms with E-state index in [1.54, 1.807) is 13.1 Å². The van der Waals surface area contributed by atoms with Crippen molar-refractivity contribution in [2.45, 2.75) is 20.8 Å². The van der Waals surface area contributed by atoms with Gasteiger partial charge in [0.05, 0.1) is 11.9 Å². The zero-order valence-corrected chi connectivity index (χ0v) is 13.6. The highest BCUT2D eigenvalue weighted by molar-refractivity contribution is 7.20. The first kappa shape index (κ1) is 14.7. The van der Waals surface area contributed by atoms with Crippen LogP contribution in [0.25, 0.3) is 16.2 Å². The van der Waals surface area contributed by atoms with Crippen LogP contribution < -0.4 is 5.32 Å². The van der Waals surface area contributed by atoms with Gasteiger partial charge in [0.2, 0.25) is 10.1 Å². The summed E-state index contributed by atoms with van der Waals surface area (Å²) in [6, 6.07) is 7.55. The number of hydrogen-bond donors (Lipinski definition) is 1. The number of aromatic nitrogens is 3. The lowest BCUT2D eigenvalue weighted by Gasteiger charge is -2.04. The van der Waals surface area contributed by atoms with Crippen molar-refractivity contribution in [1.29, 1.82) is 0 Å². The molecule has 0 spiro atoms. The maximum Gasteiger partial charge on any atom is 0.214 e. The second-order valence-electron chi connectivity index (χ2n) is 5.66. The molecule has 5 nitrogen and oxygen atoms in total. The van der Waals surface area contributed by atoms with Crippen LogP contribution in [0.4, 0.5) is 5.13 Å². The second kappa shape index (κ2) is 5.88. The molecule has 2 heterocycles. The molecule has 0 saturated heterocycles. The van der Waals surface area contributed by atoms with Crippen molar-refractivity contribution in [3.63, 3.8) is 0 Å². The topological polar surface area (TPSA) is 59.3 Å². The standard InChI is InChI=1S/C16H18N4OS/c1-10(2)8-17-15-19-20-14(9-18-16(20)22-15)13-6-4-5-12(7-13)11(3)21/h4-7,9-10H,8H2,1-3H3,(H,17,19). The zero-order chi connectivity index (χ0) is 15.7. The second-order valence-corrected chi connectivity index (χ2v) is 6.61. The molecule has 0 atom stereocenters. The Bertz CT molecular complexity index is 819. The summed E-state index contributed by atoms with van der Waals surface area (Å²) in [6.45, 7) is 6.77. The third-order valence-electron chi connectivity index (χ3n) is 3.31. The fraction of sp³-hybridized carbons (Fsp3) is 0.312. The lowest BCUT2D eigenvalue weighted by Crippen LogP contribution is -2.07. The quantitative estimate of drug-likeness (QED) is 0.729. The van der Waals surface area contributed by atoms with Gasteiger partial charge in [-0.25, -0.2) is 9.50 Å². The largest absolute Gasteiger partial charge is 0.360 e. The molecule has 0 unspecified atom stereocenters. The van der Waals surface area contributed by atoms with Gasteiger partial charge in [0.25, 0.3) is 0 Å². The predicted molar refractivity (Wildman–Crippen MR) is 89.6 cm³/mol. The number of imidazole rings is 1. The van der Waals surface area contributed by atoms with Crippen molar-refractivity contribution in [2.24, 2.45) is 5.92 Å². The Balaban J connectivity index is 1.97. The van der Waals surface area contributed by atoms with Crippen molar-refractivity contribution < 1.29 is 4.79 Å². The number of hydrogen-bond acceptors (Lipinski definition) is 5. The van der Waals surface area contributed by atoms with Crippen LogP contribution in [0.1, 0.15) is 31.1 Å². The molecule has 2 aromatic heterocycles. The molecule has 0 radical (unpaired) electrons. The normalized spacial score (nSPS) is 11.3. The maximum atomic E-state index is 11.5. The highest BCUT2D eigenvalue weighted by atomic mass is 32.1. The van der Waals surface area contributed by atoms with Crippen molar-refractivity contribution in [1.82, 2.24) is 14.6 Å². The molecule has 6 heteroatoms. The minimum atomic E-state index is 0.0557. The van der Waals surface area contributed by atoms with Gasteiger partial charge in [-0.3, -0.25) is 4.79 Å². The predicted octanol–water partition coefficient (Wildman–Crippen LogP) is 3.73. The molecular formula is C16H18N4OS. The highest BCUT2D eigenvalue weighted by Crippen LogP contribution is 2.26. The van der Waals surface area contributed by atoms with E-state index >= 15 is 0 Å². The molecular weight excluding hydrogens is 296 g/mol. The molecule has 0 saturated carbocycles. The van der Waals surface area contributed by atoms with E-state index in [0.29, 0.717) is 11.5 Å². The van der Waals surface area contributed by atoms with Crippen LogP contribution in [-0.4, -0.2) is 26.9 Å². The Morgan fingerprint density at radius 3 is 2.95 bits per heavy atom. The lowest BCUT2D eigenvalue weighted by molar-refractivity contribution is 0.101. The average molecular weight is 314 g/mol. The van der Waals surface area contributed by atoms with E-state index in [2.05, 4.69) is 29.2 Å². The third kappa shape index (κ3) is 2.87. The molecule has 3 aromatic rings. The molecule has 0 fully saturated rings. The van der Waals surface area contributed by atoms with Gasteiger partial charge >= 0.3 is 0 Å². The molecule has 0 aliphatic heterocycles. The molecule has 0 aliphatic rings. The minimum Gasteiger partial charge on any atom is -0.360 e. The number of carbonyl (C=O) groups is 1. The number of ketones is 1. The first-order valence-corrected chi connectivity index (χ1v) is 8.06. The number of anilines is 1. The molecule has 3 rings (SSSR count). The van der Waals surface area contributed by atoms with E-state index in [0.717, 1.165) is 27.9 Å². The summed E-state index contributed by atoms with van der Waals surface area (Å²) in [5, 5.41) is 8.75. The van der Waals surface area contributed by atoms with Crippen LogP contribution in [0.15, 0.2) is 30.5 Å². The Hall–Kier alpha value is -2.21. The average Bonchev–Trinajstić information content (AvgIpc) is 3.04. The van der Waals surface area contributed by atoms with E-state index < -0.39 is 0 Å². The van der Waals surface area contributed by atoms with E-state index in [-0.39, 0.29) is 5.78 Å². The van der Waals surface area contributed by atoms with E-state index in [1.807, 2.05) is 28.8 Å². The van der Waals surface area contributed by atoms with Gasteiger partial charge in [0, 0.05) is 17.7 Å². The molecule has 1 N–H and O–H groups in total. The summed E-state index contributed by atoms with van der Waals surface area (Å²) in [7, 11) is 0. The Morgan fingerprint density at radius 2 is 2.23 bits per heavy atom. The van der Waals surface area contributed by atoms with E-state index in [9.17, 15) is 4.79 Å².